The summed E-state index contributed by atoms with van der Waals surface area (Å²) in [6, 6.07) is 4.17. The molecule has 8 heteroatoms. The summed E-state index contributed by atoms with van der Waals surface area (Å²) in [6.45, 7) is 1.58. The number of nitro groups is 1. The molecule has 0 heterocycles. The Hall–Kier alpha value is -1.04. The standard InChI is InChI=1S/C9H7Cl3N2O3/c1-5-2-3-6(4-7(5)14(16)17)13-8(15)9(10,11)12/h2-4H,1H3,(H,13,15). The minimum absolute atomic E-state index is 0.118. The van der Waals surface area contributed by atoms with Gasteiger partial charge in [-0.15, -0.1) is 0 Å². The Balaban J connectivity index is 2.98. The Bertz CT molecular complexity index is 471. The molecule has 0 fully saturated rings. The van der Waals surface area contributed by atoms with E-state index in [0.717, 1.165) is 0 Å². The van der Waals surface area contributed by atoms with E-state index in [0.29, 0.717) is 5.56 Å². The van der Waals surface area contributed by atoms with Gasteiger partial charge in [0.15, 0.2) is 0 Å². The van der Waals surface area contributed by atoms with E-state index in [1.807, 2.05) is 0 Å². The number of carbonyl (C=O) groups excluding carboxylic acids is 1. The maximum atomic E-state index is 11.3. The number of nitrogens with one attached hydrogen (secondary N) is 1. The average molecular weight is 298 g/mol. The summed E-state index contributed by atoms with van der Waals surface area (Å²) in [4.78, 5) is 21.4. The monoisotopic (exact) mass is 296 g/mol. The third kappa shape index (κ3) is 3.73. The molecule has 0 radical (unpaired) electrons. The number of carbonyl (C=O) groups is 1. The van der Waals surface area contributed by atoms with Crippen LogP contribution in [0.25, 0.3) is 0 Å². The van der Waals surface area contributed by atoms with Crippen LogP contribution in [-0.4, -0.2) is 14.6 Å². The minimum atomic E-state index is -2.11. The Kier molecular flexibility index (Phi) is 4.19. The third-order valence-electron chi connectivity index (χ3n) is 1.92. The largest absolute Gasteiger partial charge is 0.322 e. The SMILES string of the molecule is Cc1ccc(NC(=O)C(Cl)(Cl)Cl)cc1[N+](=O)[O-]. The van der Waals surface area contributed by atoms with E-state index in [1.165, 1.54) is 18.2 Å². The van der Waals surface area contributed by atoms with Gasteiger partial charge >= 0.3 is 0 Å². The van der Waals surface area contributed by atoms with Gasteiger partial charge in [0, 0.05) is 17.3 Å². The first-order valence-corrected chi connectivity index (χ1v) is 5.48. The Morgan fingerprint density at radius 2 is 2.00 bits per heavy atom. The highest BCUT2D eigenvalue weighted by molar-refractivity contribution is 6.76. The predicted molar refractivity (Wildman–Crippen MR) is 66.8 cm³/mol. The van der Waals surface area contributed by atoms with Crippen molar-refractivity contribution >= 4 is 52.1 Å². The second-order valence-electron chi connectivity index (χ2n) is 3.21. The second-order valence-corrected chi connectivity index (χ2v) is 5.49. The van der Waals surface area contributed by atoms with Gasteiger partial charge in [0.25, 0.3) is 15.4 Å². The van der Waals surface area contributed by atoms with Crippen molar-refractivity contribution in [3.8, 4) is 0 Å². The van der Waals surface area contributed by atoms with Gasteiger partial charge in [-0.05, 0) is 13.0 Å². The van der Waals surface area contributed by atoms with Crippen molar-refractivity contribution in [3.63, 3.8) is 0 Å². The summed E-state index contributed by atoms with van der Waals surface area (Å²) in [7, 11) is 0. The van der Waals surface area contributed by atoms with Gasteiger partial charge in [-0.2, -0.15) is 0 Å². The number of hydrogen-bond donors (Lipinski definition) is 1. The van der Waals surface area contributed by atoms with Crippen molar-refractivity contribution in [2.75, 3.05) is 5.32 Å². The number of hydrogen-bond acceptors (Lipinski definition) is 3. The van der Waals surface area contributed by atoms with Gasteiger partial charge in [0.2, 0.25) is 0 Å². The van der Waals surface area contributed by atoms with Gasteiger partial charge in [0.1, 0.15) is 0 Å². The first kappa shape index (κ1) is 14.0. The molecule has 1 N–H and O–H groups in total. The lowest BCUT2D eigenvalue weighted by Crippen LogP contribution is -2.26. The Morgan fingerprint density at radius 1 is 1.41 bits per heavy atom. The van der Waals surface area contributed by atoms with Crippen molar-refractivity contribution in [2.45, 2.75) is 10.7 Å². The maximum absolute atomic E-state index is 11.3. The van der Waals surface area contributed by atoms with Gasteiger partial charge in [0.05, 0.1) is 4.92 Å². The first-order valence-electron chi connectivity index (χ1n) is 4.35. The first-order chi connectivity index (χ1) is 7.71. The zero-order chi connectivity index (χ0) is 13.2. The highest BCUT2D eigenvalue weighted by Gasteiger charge is 2.30. The highest BCUT2D eigenvalue weighted by atomic mass is 35.6. The number of halogens is 3. The van der Waals surface area contributed by atoms with Crippen LogP contribution >= 0.6 is 34.8 Å². The minimum Gasteiger partial charge on any atom is -0.322 e. The van der Waals surface area contributed by atoms with Gasteiger partial charge in [-0.25, -0.2) is 0 Å². The number of nitro benzene ring substituents is 1. The van der Waals surface area contributed by atoms with E-state index < -0.39 is 14.6 Å². The van der Waals surface area contributed by atoms with Crippen LogP contribution in [0.2, 0.25) is 0 Å². The molecule has 0 saturated carbocycles. The Labute approximate surface area is 112 Å². The number of alkyl halides is 3. The van der Waals surface area contributed by atoms with Crippen molar-refractivity contribution in [2.24, 2.45) is 0 Å². The quantitative estimate of drug-likeness (QED) is 0.517. The van der Waals surface area contributed by atoms with Crippen molar-refractivity contribution in [3.05, 3.63) is 33.9 Å². The molecule has 1 aromatic carbocycles. The van der Waals surface area contributed by atoms with Crippen LogP contribution < -0.4 is 5.32 Å². The topological polar surface area (TPSA) is 72.2 Å². The molecule has 0 aromatic heterocycles. The van der Waals surface area contributed by atoms with Crippen LogP contribution in [0, 0.1) is 17.0 Å². The molecular formula is C9H7Cl3N2O3. The molecule has 92 valence electrons. The molecule has 5 nitrogen and oxygen atoms in total. The molecule has 1 rings (SSSR count). The van der Waals surface area contributed by atoms with E-state index in [1.54, 1.807) is 6.92 Å². The van der Waals surface area contributed by atoms with Crippen molar-refractivity contribution in [1.29, 1.82) is 0 Å². The summed E-state index contributed by atoms with van der Waals surface area (Å²) >= 11 is 16.1. The zero-order valence-corrected chi connectivity index (χ0v) is 10.8. The molecule has 0 aliphatic carbocycles. The number of amides is 1. The van der Waals surface area contributed by atoms with Crippen LogP contribution in [0.15, 0.2) is 18.2 Å². The lowest BCUT2D eigenvalue weighted by atomic mass is 10.2. The van der Waals surface area contributed by atoms with Crippen molar-refractivity contribution < 1.29 is 9.72 Å². The normalized spacial score (nSPS) is 11.1. The van der Waals surface area contributed by atoms with E-state index in [4.69, 9.17) is 34.8 Å². The van der Waals surface area contributed by atoms with Crippen LogP contribution in [0.5, 0.6) is 0 Å². The number of anilines is 1. The number of rotatable bonds is 2. The molecule has 0 atom stereocenters. The van der Waals surface area contributed by atoms with E-state index in [2.05, 4.69) is 5.32 Å². The molecular weight excluding hydrogens is 290 g/mol. The lowest BCUT2D eigenvalue weighted by Gasteiger charge is -2.11. The molecule has 1 aromatic rings. The molecule has 1 amide bonds. The summed E-state index contributed by atoms with van der Waals surface area (Å²) in [6.07, 6.45) is 0. The molecule has 0 bridgehead atoms. The van der Waals surface area contributed by atoms with Gasteiger partial charge in [-0.3, -0.25) is 14.9 Å². The maximum Gasteiger partial charge on any atom is 0.276 e. The Morgan fingerprint density at radius 3 is 2.47 bits per heavy atom. The fourth-order valence-corrected chi connectivity index (χ4v) is 1.23. The van der Waals surface area contributed by atoms with Crippen LogP contribution in [-0.2, 0) is 4.79 Å². The molecule has 0 saturated heterocycles. The summed E-state index contributed by atoms with van der Waals surface area (Å²) in [5, 5.41) is 12.9. The smallest absolute Gasteiger partial charge is 0.276 e. The molecule has 0 spiro atoms. The molecule has 0 aliphatic rings. The summed E-state index contributed by atoms with van der Waals surface area (Å²) in [5.41, 5.74) is 0.549. The zero-order valence-electron chi connectivity index (χ0n) is 8.54. The number of aryl methyl sites for hydroxylation is 1. The van der Waals surface area contributed by atoms with Crippen LogP contribution in [0.1, 0.15) is 5.56 Å². The fraction of sp³-hybridized carbons (Fsp3) is 0.222. The molecule has 17 heavy (non-hydrogen) atoms. The van der Waals surface area contributed by atoms with Gasteiger partial charge in [-0.1, -0.05) is 40.9 Å². The predicted octanol–water partition coefficient (Wildman–Crippen LogP) is 3.21. The van der Waals surface area contributed by atoms with Crippen LogP contribution in [0.3, 0.4) is 0 Å². The third-order valence-corrected chi connectivity index (χ3v) is 2.44. The lowest BCUT2D eigenvalue weighted by molar-refractivity contribution is -0.385. The fourth-order valence-electron chi connectivity index (χ4n) is 1.09. The van der Waals surface area contributed by atoms with Crippen molar-refractivity contribution in [1.82, 2.24) is 0 Å². The second kappa shape index (κ2) is 5.08. The number of nitrogens with zero attached hydrogens (tertiary/aromatic N) is 1. The van der Waals surface area contributed by atoms with E-state index >= 15 is 0 Å². The van der Waals surface area contributed by atoms with E-state index in [9.17, 15) is 14.9 Å². The number of benzene rings is 1. The molecule has 0 aliphatic heterocycles. The van der Waals surface area contributed by atoms with Gasteiger partial charge < -0.3 is 5.32 Å². The van der Waals surface area contributed by atoms with Crippen LogP contribution in [0.4, 0.5) is 11.4 Å². The summed E-state index contributed by atoms with van der Waals surface area (Å²) in [5.74, 6) is -0.874. The average Bonchev–Trinajstić information content (AvgIpc) is 2.19. The van der Waals surface area contributed by atoms with E-state index in [-0.39, 0.29) is 11.4 Å². The summed E-state index contributed by atoms with van der Waals surface area (Å²) < 4.78 is -2.11. The molecule has 0 unspecified atom stereocenters. The highest BCUT2D eigenvalue weighted by Crippen LogP contribution is 2.29.